The number of methoxy groups -OCH3 is 1. The summed E-state index contributed by atoms with van der Waals surface area (Å²) in [6.07, 6.45) is 2.96. The highest BCUT2D eigenvalue weighted by atomic mass is 19.2. The lowest BCUT2D eigenvalue weighted by Crippen LogP contribution is -2.07. The van der Waals surface area contributed by atoms with E-state index in [0.717, 1.165) is 6.07 Å². The molecule has 0 unspecified atom stereocenters. The summed E-state index contributed by atoms with van der Waals surface area (Å²) < 4.78 is 38.6. The Bertz CT molecular complexity index is 973. The van der Waals surface area contributed by atoms with Crippen LogP contribution >= 0.6 is 0 Å². The lowest BCUT2D eigenvalue weighted by Gasteiger charge is -2.14. The smallest absolute Gasteiger partial charge is 0.310 e. The van der Waals surface area contributed by atoms with Crippen LogP contribution in [0.3, 0.4) is 0 Å². The molecule has 0 amide bonds. The van der Waals surface area contributed by atoms with Crippen LogP contribution in [0.15, 0.2) is 42.7 Å². The SMILES string of the molecule is CCOC(=O)Cc1ccc(OC)c(-c2cc(F)c(F)c3ccncc23)c1. The number of fused-ring (bicyclic) bond motifs is 1. The number of rotatable bonds is 5. The second-order valence-electron chi connectivity index (χ2n) is 5.66. The number of carbonyl (C=O) groups excluding carboxylic acids is 1. The summed E-state index contributed by atoms with van der Waals surface area (Å²) >= 11 is 0. The summed E-state index contributed by atoms with van der Waals surface area (Å²) in [5.74, 6) is -1.77. The van der Waals surface area contributed by atoms with Gasteiger partial charge in [0.15, 0.2) is 11.6 Å². The van der Waals surface area contributed by atoms with Crippen molar-refractivity contribution in [3.8, 4) is 16.9 Å². The molecule has 0 aliphatic rings. The van der Waals surface area contributed by atoms with Crippen molar-refractivity contribution in [3.05, 3.63) is 59.9 Å². The number of aromatic nitrogens is 1. The molecule has 0 aliphatic carbocycles. The van der Waals surface area contributed by atoms with Gasteiger partial charge in [-0.05, 0) is 42.3 Å². The fourth-order valence-electron chi connectivity index (χ4n) is 2.87. The zero-order valence-corrected chi connectivity index (χ0v) is 14.4. The summed E-state index contributed by atoms with van der Waals surface area (Å²) in [6, 6.07) is 7.68. The zero-order valence-electron chi connectivity index (χ0n) is 14.4. The third-order valence-electron chi connectivity index (χ3n) is 4.04. The minimum absolute atomic E-state index is 0.0741. The Morgan fingerprint density at radius 3 is 2.65 bits per heavy atom. The molecule has 0 aliphatic heterocycles. The molecule has 1 heterocycles. The predicted molar refractivity (Wildman–Crippen MR) is 94.0 cm³/mol. The van der Waals surface area contributed by atoms with Crippen LogP contribution in [0.25, 0.3) is 21.9 Å². The number of carbonyl (C=O) groups is 1. The van der Waals surface area contributed by atoms with Crippen LogP contribution in [-0.4, -0.2) is 24.7 Å². The molecule has 3 rings (SSSR count). The van der Waals surface area contributed by atoms with E-state index in [1.165, 1.54) is 25.6 Å². The number of ether oxygens (including phenoxy) is 2. The van der Waals surface area contributed by atoms with Crippen molar-refractivity contribution < 1.29 is 23.0 Å². The minimum Gasteiger partial charge on any atom is -0.496 e. The number of benzene rings is 2. The Morgan fingerprint density at radius 1 is 1.12 bits per heavy atom. The Kier molecular flexibility index (Phi) is 5.11. The molecule has 1 aromatic heterocycles. The first-order valence-corrected chi connectivity index (χ1v) is 8.09. The molecule has 0 radical (unpaired) electrons. The van der Waals surface area contributed by atoms with Gasteiger partial charge in [0.2, 0.25) is 0 Å². The van der Waals surface area contributed by atoms with Crippen LogP contribution in [0.5, 0.6) is 5.75 Å². The normalized spacial score (nSPS) is 10.8. The maximum absolute atomic E-state index is 14.1. The van der Waals surface area contributed by atoms with E-state index in [-0.39, 0.29) is 17.8 Å². The van der Waals surface area contributed by atoms with Gasteiger partial charge in [0.25, 0.3) is 0 Å². The highest BCUT2D eigenvalue weighted by Crippen LogP contribution is 2.37. The monoisotopic (exact) mass is 357 g/mol. The molecule has 3 aromatic rings. The average molecular weight is 357 g/mol. The van der Waals surface area contributed by atoms with E-state index in [2.05, 4.69) is 4.98 Å². The molecule has 26 heavy (non-hydrogen) atoms. The molecule has 6 heteroatoms. The number of esters is 1. The summed E-state index contributed by atoms with van der Waals surface area (Å²) in [6.45, 7) is 2.03. The molecular formula is C20H17F2NO3. The summed E-state index contributed by atoms with van der Waals surface area (Å²) in [5, 5.41) is 0.589. The largest absolute Gasteiger partial charge is 0.496 e. The summed E-state index contributed by atoms with van der Waals surface area (Å²) in [7, 11) is 1.49. The first kappa shape index (κ1) is 17.8. The standard InChI is InChI=1S/C20H17F2NO3/c1-3-26-19(24)9-12-4-5-18(25-2)15(8-12)14-10-17(21)20(22)13-6-7-23-11-16(13)14/h4-8,10-11H,3,9H2,1-2H3. The van der Waals surface area contributed by atoms with E-state index in [9.17, 15) is 13.6 Å². The van der Waals surface area contributed by atoms with Crippen molar-refractivity contribution >= 4 is 16.7 Å². The molecule has 0 spiro atoms. The third kappa shape index (κ3) is 3.35. The van der Waals surface area contributed by atoms with Crippen LogP contribution in [-0.2, 0) is 16.0 Å². The molecule has 134 valence electrons. The highest BCUT2D eigenvalue weighted by Gasteiger charge is 2.17. The van der Waals surface area contributed by atoms with Gasteiger partial charge in [0, 0.05) is 28.7 Å². The van der Waals surface area contributed by atoms with Gasteiger partial charge < -0.3 is 9.47 Å². The fourth-order valence-corrected chi connectivity index (χ4v) is 2.87. The van der Waals surface area contributed by atoms with Crippen molar-refractivity contribution in [1.29, 1.82) is 0 Å². The van der Waals surface area contributed by atoms with Gasteiger partial charge in [-0.3, -0.25) is 9.78 Å². The average Bonchev–Trinajstić information content (AvgIpc) is 2.65. The van der Waals surface area contributed by atoms with Gasteiger partial charge in [-0.15, -0.1) is 0 Å². The van der Waals surface area contributed by atoms with Crippen molar-refractivity contribution in [2.45, 2.75) is 13.3 Å². The first-order valence-electron chi connectivity index (χ1n) is 8.09. The van der Waals surface area contributed by atoms with E-state index < -0.39 is 11.6 Å². The van der Waals surface area contributed by atoms with E-state index in [1.54, 1.807) is 25.1 Å². The Morgan fingerprint density at radius 2 is 1.92 bits per heavy atom. The predicted octanol–water partition coefficient (Wildman–Crippen LogP) is 4.29. The first-order chi connectivity index (χ1) is 12.5. The van der Waals surface area contributed by atoms with Crippen LogP contribution in [0.1, 0.15) is 12.5 Å². The molecular weight excluding hydrogens is 340 g/mol. The van der Waals surface area contributed by atoms with Crippen molar-refractivity contribution in [2.24, 2.45) is 0 Å². The van der Waals surface area contributed by atoms with Crippen LogP contribution in [0, 0.1) is 11.6 Å². The second kappa shape index (κ2) is 7.47. The zero-order chi connectivity index (χ0) is 18.7. The fraction of sp³-hybridized carbons (Fsp3) is 0.200. The van der Waals surface area contributed by atoms with E-state index in [1.807, 2.05) is 0 Å². The van der Waals surface area contributed by atoms with E-state index >= 15 is 0 Å². The molecule has 0 bridgehead atoms. The molecule has 2 aromatic carbocycles. The van der Waals surface area contributed by atoms with E-state index in [4.69, 9.17) is 9.47 Å². The molecule has 0 N–H and O–H groups in total. The quantitative estimate of drug-likeness (QED) is 0.639. The number of nitrogens with zero attached hydrogens (tertiary/aromatic N) is 1. The molecule has 0 saturated heterocycles. The molecule has 0 saturated carbocycles. The van der Waals surface area contributed by atoms with Gasteiger partial charge in [0.05, 0.1) is 20.1 Å². The van der Waals surface area contributed by atoms with Gasteiger partial charge in [-0.1, -0.05) is 6.07 Å². The van der Waals surface area contributed by atoms with Gasteiger partial charge in [0.1, 0.15) is 5.75 Å². The molecule has 0 fully saturated rings. The summed E-state index contributed by atoms with van der Waals surface area (Å²) in [4.78, 5) is 15.8. The second-order valence-corrected chi connectivity index (χ2v) is 5.66. The lowest BCUT2D eigenvalue weighted by atomic mass is 9.96. The number of hydrogen-bond acceptors (Lipinski definition) is 4. The van der Waals surface area contributed by atoms with Crippen LogP contribution in [0.2, 0.25) is 0 Å². The minimum atomic E-state index is -0.962. The number of pyridine rings is 1. The number of halogens is 2. The Labute approximate surface area is 149 Å². The van der Waals surface area contributed by atoms with Gasteiger partial charge in [-0.2, -0.15) is 0 Å². The molecule has 4 nitrogen and oxygen atoms in total. The maximum Gasteiger partial charge on any atom is 0.310 e. The highest BCUT2D eigenvalue weighted by molar-refractivity contribution is 5.98. The van der Waals surface area contributed by atoms with Crippen molar-refractivity contribution in [2.75, 3.05) is 13.7 Å². The van der Waals surface area contributed by atoms with E-state index in [0.29, 0.717) is 34.4 Å². The molecule has 0 atom stereocenters. The number of hydrogen-bond donors (Lipinski definition) is 0. The van der Waals surface area contributed by atoms with Gasteiger partial charge >= 0.3 is 5.97 Å². The Balaban J connectivity index is 2.18. The maximum atomic E-state index is 14.1. The Hall–Kier alpha value is -3.02. The van der Waals surface area contributed by atoms with Crippen molar-refractivity contribution in [3.63, 3.8) is 0 Å². The lowest BCUT2D eigenvalue weighted by molar-refractivity contribution is -0.142. The van der Waals surface area contributed by atoms with Crippen LogP contribution in [0.4, 0.5) is 8.78 Å². The van der Waals surface area contributed by atoms with Gasteiger partial charge in [-0.25, -0.2) is 8.78 Å². The topological polar surface area (TPSA) is 48.4 Å². The van der Waals surface area contributed by atoms with Crippen molar-refractivity contribution in [1.82, 2.24) is 4.98 Å². The summed E-state index contributed by atoms with van der Waals surface area (Å²) in [5.41, 5.74) is 1.67. The third-order valence-corrected chi connectivity index (χ3v) is 4.04. The van der Waals surface area contributed by atoms with Crippen LogP contribution < -0.4 is 4.74 Å².